The maximum atomic E-state index is 12.3. The lowest BCUT2D eigenvalue weighted by molar-refractivity contribution is -0.116. The molecule has 0 unspecified atom stereocenters. The molecule has 30 heavy (non-hydrogen) atoms. The summed E-state index contributed by atoms with van der Waals surface area (Å²) in [6.07, 6.45) is 0.486. The first-order valence-electron chi connectivity index (χ1n) is 10.5. The summed E-state index contributed by atoms with van der Waals surface area (Å²) in [7, 11) is 0. The number of anilines is 1. The number of hydrogen-bond acceptors (Lipinski definition) is 5. The Balaban J connectivity index is 1.49. The Labute approximate surface area is 182 Å². The summed E-state index contributed by atoms with van der Waals surface area (Å²) >= 11 is 1.72. The molecule has 0 spiro atoms. The molecule has 1 aromatic heterocycles. The van der Waals surface area contributed by atoms with E-state index in [0.29, 0.717) is 13.0 Å². The quantitative estimate of drug-likeness (QED) is 0.422. The molecule has 7 nitrogen and oxygen atoms in total. The molecule has 0 aliphatic carbocycles. The zero-order chi connectivity index (χ0) is 21.0. The number of nitrogens with one attached hydrogen (secondary N) is 3. The Morgan fingerprint density at radius 3 is 2.83 bits per heavy atom. The van der Waals surface area contributed by atoms with Crippen LogP contribution in [-0.4, -0.2) is 56.2 Å². The maximum Gasteiger partial charge on any atom is 0.225 e. The second-order valence-electron chi connectivity index (χ2n) is 7.08. The normalized spacial score (nSPS) is 15.0. The third-order valence-electron chi connectivity index (χ3n) is 4.74. The van der Waals surface area contributed by atoms with E-state index < -0.39 is 0 Å². The second-order valence-corrected chi connectivity index (χ2v) is 8.11. The second kappa shape index (κ2) is 12.3. The summed E-state index contributed by atoms with van der Waals surface area (Å²) in [5, 5.41) is 11.7. The van der Waals surface area contributed by atoms with Crippen LogP contribution < -0.4 is 16.0 Å². The molecule has 0 saturated carbocycles. The van der Waals surface area contributed by atoms with Crippen LogP contribution in [0.1, 0.15) is 23.8 Å². The van der Waals surface area contributed by atoms with Gasteiger partial charge in [0.2, 0.25) is 5.91 Å². The Morgan fingerprint density at radius 1 is 1.20 bits per heavy atom. The van der Waals surface area contributed by atoms with Gasteiger partial charge >= 0.3 is 0 Å². The van der Waals surface area contributed by atoms with Gasteiger partial charge < -0.3 is 20.7 Å². The molecule has 1 saturated heterocycles. The molecule has 3 N–H and O–H groups in total. The Bertz CT molecular complexity index is 804. The Kier molecular flexibility index (Phi) is 9.14. The van der Waals surface area contributed by atoms with Gasteiger partial charge in [-0.25, -0.2) is 4.99 Å². The minimum atomic E-state index is 0.0353. The first kappa shape index (κ1) is 22.3. The van der Waals surface area contributed by atoms with Gasteiger partial charge in [0.25, 0.3) is 0 Å². The van der Waals surface area contributed by atoms with Crippen molar-refractivity contribution in [2.45, 2.75) is 26.4 Å². The van der Waals surface area contributed by atoms with E-state index in [4.69, 9.17) is 4.74 Å². The number of rotatable bonds is 9. The number of morpholine rings is 1. The number of nitrogens with zero attached hydrogens (tertiary/aromatic N) is 2. The molecule has 2 heterocycles. The number of thiophene rings is 1. The molecule has 1 fully saturated rings. The fourth-order valence-electron chi connectivity index (χ4n) is 3.15. The van der Waals surface area contributed by atoms with Crippen LogP contribution in [0.3, 0.4) is 0 Å². The van der Waals surface area contributed by atoms with Gasteiger partial charge in [-0.05, 0) is 36.1 Å². The van der Waals surface area contributed by atoms with Crippen molar-refractivity contribution in [1.82, 2.24) is 15.5 Å². The molecule has 0 radical (unpaired) electrons. The van der Waals surface area contributed by atoms with E-state index >= 15 is 0 Å². The summed E-state index contributed by atoms with van der Waals surface area (Å²) in [6, 6.07) is 12.0. The van der Waals surface area contributed by atoms with Gasteiger partial charge in [0.15, 0.2) is 5.96 Å². The Hall–Kier alpha value is -2.42. The summed E-state index contributed by atoms with van der Waals surface area (Å²) < 4.78 is 5.34. The molecule has 1 amide bonds. The predicted octanol–water partition coefficient (Wildman–Crippen LogP) is 2.66. The number of ether oxygens (including phenoxy) is 1. The molecule has 0 bridgehead atoms. The van der Waals surface area contributed by atoms with E-state index in [1.165, 1.54) is 4.88 Å². The van der Waals surface area contributed by atoms with E-state index in [2.05, 4.69) is 44.2 Å². The van der Waals surface area contributed by atoms with E-state index in [-0.39, 0.29) is 5.91 Å². The minimum Gasteiger partial charge on any atom is -0.379 e. The lowest BCUT2D eigenvalue weighted by atomic mass is 10.2. The van der Waals surface area contributed by atoms with Crippen molar-refractivity contribution < 1.29 is 9.53 Å². The summed E-state index contributed by atoms with van der Waals surface area (Å²) in [4.78, 5) is 20.5. The van der Waals surface area contributed by atoms with E-state index in [1.807, 2.05) is 30.3 Å². The van der Waals surface area contributed by atoms with Gasteiger partial charge in [-0.2, -0.15) is 0 Å². The first-order chi connectivity index (χ1) is 14.7. The molecule has 2 aromatic rings. The molecular weight excluding hydrogens is 398 g/mol. The lowest BCUT2D eigenvalue weighted by Gasteiger charge is -2.26. The number of amides is 1. The minimum absolute atomic E-state index is 0.0353. The monoisotopic (exact) mass is 429 g/mol. The maximum absolute atomic E-state index is 12.3. The van der Waals surface area contributed by atoms with Crippen molar-refractivity contribution in [2.75, 3.05) is 44.7 Å². The highest BCUT2D eigenvalue weighted by Crippen LogP contribution is 2.12. The van der Waals surface area contributed by atoms with Crippen molar-refractivity contribution in [3.8, 4) is 0 Å². The van der Waals surface area contributed by atoms with Crippen LogP contribution in [0.15, 0.2) is 46.8 Å². The van der Waals surface area contributed by atoms with Gasteiger partial charge in [-0.1, -0.05) is 18.2 Å². The highest BCUT2D eigenvalue weighted by atomic mass is 32.1. The fourth-order valence-corrected chi connectivity index (χ4v) is 3.80. The van der Waals surface area contributed by atoms with Crippen LogP contribution >= 0.6 is 11.3 Å². The number of carbonyl (C=O) groups is 1. The largest absolute Gasteiger partial charge is 0.379 e. The van der Waals surface area contributed by atoms with Gasteiger partial charge in [0.1, 0.15) is 0 Å². The van der Waals surface area contributed by atoms with Crippen LogP contribution in [0.5, 0.6) is 0 Å². The van der Waals surface area contributed by atoms with Crippen LogP contribution in [0.25, 0.3) is 0 Å². The third kappa shape index (κ3) is 7.78. The van der Waals surface area contributed by atoms with Crippen LogP contribution in [0.4, 0.5) is 5.69 Å². The van der Waals surface area contributed by atoms with Gasteiger partial charge in [-0.3, -0.25) is 9.69 Å². The zero-order valence-corrected chi connectivity index (χ0v) is 18.3. The molecular formula is C22H31N5O2S. The first-order valence-corrected chi connectivity index (χ1v) is 11.3. The van der Waals surface area contributed by atoms with E-state index in [9.17, 15) is 4.79 Å². The third-order valence-corrected chi connectivity index (χ3v) is 5.62. The lowest BCUT2D eigenvalue weighted by Crippen LogP contribution is -2.38. The zero-order valence-electron chi connectivity index (χ0n) is 17.5. The van der Waals surface area contributed by atoms with E-state index in [0.717, 1.165) is 63.1 Å². The van der Waals surface area contributed by atoms with Crippen molar-refractivity contribution in [3.05, 3.63) is 52.2 Å². The predicted molar refractivity (Wildman–Crippen MR) is 123 cm³/mol. The molecule has 1 aromatic carbocycles. The van der Waals surface area contributed by atoms with Gasteiger partial charge in [0, 0.05) is 43.2 Å². The van der Waals surface area contributed by atoms with Crippen molar-refractivity contribution in [2.24, 2.45) is 4.99 Å². The number of carbonyl (C=O) groups excluding carboxylic acids is 1. The summed E-state index contributed by atoms with van der Waals surface area (Å²) in [5.41, 5.74) is 1.86. The van der Waals surface area contributed by atoms with Gasteiger partial charge in [-0.15, -0.1) is 11.3 Å². The van der Waals surface area contributed by atoms with Crippen LogP contribution in [0, 0.1) is 0 Å². The van der Waals surface area contributed by atoms with Crippen LogP contribution in [-0.2, 0) is 22.6 Å². The molecule has 1 aliphatic heterocycles. The number of hydrogen-bond donors (Lipinski definition) is 3. The van der Waals surface area contributed by atoms with Crippen molar-refractivity contribution in [3.63, 3.8) is 0 Å². The van der Waals surface area contributed by atoms with Crippen molar-refractivity contribution >= 4 is 28.9 Å². The SMILES string of the molecule is CCNC(=NCc1cccc(NC(=O)CCN2CCOCC2)c1)NCc1cccs1. The molecule has 3 rings (SSSR count). The topological polar surface area (TPSA) is 78.0 Å². The summed E-state index contributed by atoms with van der Waals surface area (Å²) in [6.45, 7) is 8.21. The molecule has 1 aliphatic rings. The highest BCUT2D eigenvalue weighted by Gasteiger charge is 2.12. The standard InChI is InChI=1S/C22H31N5O2S/c1-2-23-22(25-17-20-7-4-14-30-20)24-16-18-5-3-6-19(15-18)26-21(28)8-9-27-10-12-29-13-11-27/h3-7,14-15H,2,8-13,16-17H2,1H3,(H,26,28)(H2,23,24,25). The number of benzene rings is 1. The summed E-state index contributed by atoms with van der Waals surface area (Å²) in [5.74, 6) is 0.818. The van der Waals surface area contributed by atoms with E-state index in [1.54, 1.807) is 11.3 Å². The smallest absolute Gasteiger partial charge is 0.225 e. The van der Waals surface area contributed by atoms with Crippen LogP contribution in [0.2, 0.25) is 0 Å². The highest BCUT2D eigenvalue weighted by molar-refractivity contribution is 7.09. The number of aliphatic imine (C=N–C) groups is 1. The average Bonchev–Trinajstić information content (AvgIpc) is 3.29. The molecule has 162 valence electrons. The molecule has 8 heteroatoms. The van der Waals surface area contributed by atoms with Gasteiger partial charge in [0.05, 0.1) is 26.3 Å². The molecule has 0 atom stereocenters. The van der Waals surface area contributed by atoms with Crippen molar-refractivity contribution in [1.29, 1.82) is 0 Å². The average molecular weight is 430 g/mol. The number of guanidine groups is 1. The fraction of sp³-hybridized carbons (Fsp3) is 0.455. The Morgan fingerprint density at radius 2 is 2.07 bits per heavy atom.